The lowest BCUT2D eigenvalue weighted by molar-refractivity contribution is -0.138. The predicted octanol–water partition coefficient (Wildman–Crippen LogP) is 1.56. The molecule has 2 rings (SSSR count). The van der Waals surface area contributed by atoms with Gasteiger partial charge in [0.25, 0.3) is 0 Å². The maximum atomic E-state index is 11.1. The second-order valence-electron chi connectivity index (χ2n) is 4.12. The highest BCUT2D eigenvalue weighted by Gasteiger charge is 2.31. The largest absolute Gasteiger partial charge is 0.480 e. The Balaban J connectivity index is 2.40. The van der Waals surface area contributed by atoms with Crippen molar-refractivity contribution in [3.63, 3.8) is 0 Å². The molecule has 0 aromatic heterocycles. The monoisotopic (exact) mass is 255 g/mol. The number of halogens is 1. The summed E-state index contributed by atoms with van der Waals surface area (Å²) in [5, 5.41) is 9.55. The molecular formula is C11H14ClN3O2. The first kappa shape index (κ1) is 11.9. The van der Waals surface area contributed by atoms with Crippen molar-refractivity contribution < 1.29 is 9.90 Å². The van der Waals surface area contributed by atoms with Crippen molar-refractivity contribution >= 4 is 34.6 Å². The highest BCUT2D eigenvalue weighted by molar-refractivity contribution is 6.33. The summed E-state index contributed by atoms with van der Waals surface area (Å²) >= 11 is 6.08. The Morgan fingerprint density at radius 3 is 2.71 bits per heavy atom. The van der Waals surface area contributed by atoms with Crippen molar-refractivity contribution in [1.29, 1.82) is 0 Å². The van der Waals surface area contributed by atoms with Gasteiger partial charge in [0.15, 0.2) is 0 Å². The van der Waals surface area contributed by atoms with Crippen LogP contribution in [0.4, 0.5) is 17.1 Å². The first-order chi connectivity index (χ1) is 8.00. The lowest BCUT2D eigenvalue weighted by atomic mass is 10.2. The third-order valence-corrected chi connectivity index (χ3v) is 3.30. The van der Waals surface area contributed by atoms with E-state index in [2.05, 4.69) is 0 Å². The molecule has 0 spiro atoms. The number of anilines is 3. The SMILES string of the molecule is Nc1cc(Cl)c(N2CCCC2C(=O)O)cc1N. The molecule has 0 bridgehead atoms. The molecule has 0 radical (unpaired) electrons. The molecule has 1 aliphatic rings. The van der Waals surface area contributed by atoms with E-state index in [1.54, 1.807) is 17.0 Å². The fourth-order valence-electron chi connectivity index (χ4n) is 2.13. The van der Waals surface area contributed by atoms with Crippen molar-refractivity contribution in [3.8, 4) is 0 Å². The van der Waals surface area contributed by atoms with Crippen LogP contribution in [0.25, 0.3) is 0 Å². The molecule has 1 aromatic rings. The second-order valence-corrected chi connectivity index (χ2v) is 4.53. The van der Waals surface area contributed by atoms with Gasteiger partial charge < -0.3 is 21.5 Å². The van der Waals surface area contributed by atoms with Crippen LogP contribution in [0, 0.1) is 0 Å². The van der Waals surface area contributed by atoms with E-state index >= 15 is 0 Å². The zero-order chi connectivity index (χ0) is 12.6. The van der Waals surface area contributed by atoms with Crippen molar-refractivity contribution in [2.75, 3.05) is 22.9 Å². The molecule has 1 saturated heterocycles. The number of carboxylic acid groups (broad SMARTS) is 1. The number of aliphatic carboxylic acids is 1. The van der Waals surface area contributed by atoms with Gasteiger partial charge in [-0.25, -0.2) is 4.79 Å². The fraction of sp³-hybridized carbons (Fsp3) is 0.364. The number of carbonyl (C=O) groups is 1. The van der Waals surface area contributed by atoms with Gasteiger partial charge in [0.05, 0.1) is 22.1 Å². The number of hydrogen-bond donors (Lipinski definition) is 3. The Morgan fingerprint density at radius 1 is 1.41 bits per heavy atom. The molecule has 0 aliphatic carbocycles. The molecule has 1 atom stereocenters. The standard InChI is InChI=1S/C11H14ClN3O2/c12-6-4-7(13)8(14)5-10(6)15-3-1-2-9(15)11(16)17/h4-5,9H,1-3,13-14H2,(H,16,17). The number of benzene rings is 1. The van der Waals surface area contributed by atoms with E-state index in [0.29, 0.717) is 35.1 Å². The molecule has 17 heavy (non-hydrogen) atoms. The highest BCUT2D eigenvalue weighted by Crippen LogP contribution is 2.36. The highest BCUT2D eigenvalue weighted by atomic mass is 35.5. The second kappa shape index (κ2) is 4.33. The van der Waals surface area contributed by atoms with Crippen LogP contribution < -0.4 is 16.4 Å². The number of hydrogen-bond acceptors (Lipinski definition) is 4. The molecule has 6 heteroatoms. The third kappa shape index (κ3) is 2.10. The molecule has 5 N–H and O–H groups in total. The quantitative estimate of drug-likeness (QED) is 0.698. The van der Waals surface area contributed by atoms with Gasteiger partial charge in [0.1, 0.15) is 6.04 Å². The summed E-state index contributed by atoms with van der Waals surface area (Å²) in [4.78, 5) is 12.9. The van der Waals surface area contributed by atoms with Crippen molar-refractivity contribution in [2.24, 2.45) is 0 Å². The minimum absolute atomic E-state index is 0.407. The van der Waals surface area contributed by atoms with Crippen LogP contribution in [-0.4, -0.2) is 23.7 Å². The Morgan fingerprint density at radius 2 is 2.06 bits per heavy atom. The van der Waals surface area contributed by atoms with E-state index in [1.165, 1.54) is 0 Å². The van der Waals surface area contributed by atoms with Crippen LogP contribution in [-0.2, 0) is 4.79 Å². The summed E-state index contributed by atoms with van der Waals surface area (Å²) in [6, 6.07) is 2.66. The van der Waals surface area contributed by atoms with Crippen LogP contribution in [0.5, 0.6) is 0 Å². The molecule has 1 aromatic carbocycles. The molecule has 0 saturated carbocycles. The van der Waals surface area contributed by atoms with Crippen molar-refractivity contribution in [2.45, 2.75) is 18.9 Å². The molecule has 5 nitrogen and oxygen atoms in total. The van der Waals surface area contributed by atoms with Gasteiger partial charge in [-0.1, -0.05) is 11.6 Å². The average Bonchev–Trinajstić information content (AvgIpc) is 2.72. The molecule has 1 heterocycles. The van der Waals surface area contributed by atoms with Gasteiger partial charge in [-0.2, -0.15) is 0 Å². The number of nitrogens with two attached hydrogens (primary N) is 2. The summed E-state index contributed by atoms with van der Waals surface area (Å²) in [5.74, 6) is -0.839. The first-order valence-corrected chi connectivity index (χ1v) is 5.72. The van der Waals surface area contributed by atoms with E-state index in [1.807, 2.05) is 0 Å². The van der Waals surface area contributed by atoms with Crippen LogP contribution in [0.1, 0.15) is 12.8 Å². The van der Waals surface area contributed by atoms with Gasteiger partial charge in [-0.3, -0.25) is 0 Å². The number of nitrogens with zero attached hydrogens (tertiary/aromatic N) is 1. The van der Waals surface area contributed by atoms with Gasteiger partial charge in [0, 0.05) is 6.54 Å². The molecule has 0 amide bonds. The van der Waals surface area contributed by atoms with Crippen LogP contribution in [0.15, 0.2) is 12.1 Å². The van der Waals surface area contributed by atoms with Gasteiger partial charge in [-0.05, 0) is 25.0 Å². The molecule has 1 aliphatic heterocycles. The summed E-state index contributed by atoms with van der Waals surface area (Å²) in [5.41, 5.74) is 12.8. The third-order valence-electron chi connectivity index (χ3n) is 3.00. The van der Waals surface area contributed by atoms with Gasteiger partial charge in [0.2, 0.25) is 0 Å². The van der Waals surface area contributed by atoms with Crippen LogP contribution in [0.2, 0.25) is 5.02 Å². The number of rotatable bonds is 2. The Labute approximate surface area is 104 Å². The summed E-state index contributed by atoms with van der Waals surface area (Å²) in [7, 11) is 0. The number of carboxylic acids is 1. The Bertz CT molecular complexity index is 464. The zero-order valence-electron chi connectivity index (χ0n) is 9.19. The Kier molecular flexibility index (Phi) is 3.02. The van der Waals surface area contributed by atoms with Gasteiger partial charge >= 0.3 is 5.97 Å². The lowest BCUT2D eigenvalue weighted by Crippen LogP contribution is -2.36. The van der Waals surface area contributed by atoms with E-state index in [-0.39, 0.29) is 0 Å². The van der Waals surface area contributed by atoms with E-state index in [4.69, 9.17) is 28.2 Å². The Hall–Kier alpha value is -1.62. The van der Waals surface area contributed by atoms with Crippen molar-refractivity contribution in [1.82, 2.24) is 0 Å². The lowest BCUT2D eigenvalue weighted by Gasteiger charge is -2.25. The minimum atomic E-state index is -0.839. The number of nitrogen functional groups attached to an aromatic ring is 2. The first-order valence-electron chi connectivity index (χ1n) is 5.34. The van der Waals surface area contributed by atoms with Crippen molar-refractivity contribution in [3.05, 3.63) is 17.2 Å². The zero-order valence-corrected chi connectivity index (χ0v) is 9.94. The molecular weight excluding hydrogens is 242 g/mol. The normalized spacial score (nSPS) is 19.6. The maximum Gasteiger partial charge on any atom is 0.326 e. The summed E-state index contributed by atoms with van der Waals surface area (Å²) in [6.45, 7) is 0.667. The topological polar surface area (TPSA) is 92.6 Å². The summed E-state index contributed by atoms with van der Waals surface area (Å²) in [6.07, 6.45) is 1.45. The molecule has 1 fully saturated rings. The molecule has 92 valence electrons. The molecule has 1 unspecified atom stereocenters. The van der Waals surface area contributed by atoms with Crippen LogP contribution in [0.3, 0.4) is 0 Å². The minimum Gasteiger partial charge on any atom is -0.480 e. The van der Waals surface area contributed by atoms with Crippen LogP contribution >= 0.6 is 11.6 Å². The predicted molar refractivity (Wildman–Crippen MR) is 68.3 cm³/mol. The van der Waals surface area contributed by atoms with E-state index in [0.717, 1.165) is 6.42 Å². The average molecular weight is 256 g/mol. The van der Waals surface area contributed by atoms with Gasteiger partial charge in [-0.15, -0.1) is 0 Å². The van der Waals surface area contributed by atoms with E-state index < -0.39 is 12.0 Å². The summed E-state index contributed by atoms with van der Waals surface area (Å²) < 4.78 is 0. The fourth-order valence-corrected chi connectivity index (χ4v) is 2.41. The smallest absolute Gasteiger partial charge is 0.326 e. The van der Waals surface area contributed by atoms with E-state index in [9.17, 15) is 4.79 Å². The maximum absolute atomic E-state index is 11.1.